The molecule has 23 nitrogen and oxygen atoms in total. The Morgan fingerprint density at radius 3 is 1.29 bits per heavy atom. The van der Waals surface area contributed by atoms with Gasteiger partial charge in [0.1, 0.15) is 24.1 Å². The summed E-state index contributed by atoms with van der Waals surface area (Å²) in [6.45, 7) is 13.8. The van der Waals surface area contributed by atoms with E-state index in [9.17, 15) is 48.8 Å². The maximum Gasteiger partial charge on any atom is 0.410 e. The van der Waals surface area contributed by atoms with Gasteiger partial charge in [0.2, 0.25) is 10.3 Å². The van der Waals surface area contributed by atoms with Crippen LogP contribution in [0, 0.1) is 34.0 Å². The van der Waals surface area contributed by atoms with Gasteiger partial charge in [-0.3, -0.25) is 18.2 Å². The molecular weight excluding hydrogens is 1570 g/mol. The zero-order valence-electron chi connectivity index (χ0n) is 63.0. The number of ether oxygens (including phenoxy) is 1. The molecule has 0 bridgehead atoms. The molecular formula is C81H87Cl3F3N15O8S3. The number of carboxylic acid groups (broad SMARTS) is 2. The number of amides is 3. The second kappa shape index (κ2) is 33.5. The Kier molecular flexibility index (Phi) is 24.3. The Morgan fingerprint density at radius 2 is 0.938 bits per heavy atom. The third kappa shape index (κ3) is 14.8. The first-order valence-corrected chi connectivity index (χ1v) is 43.1. The average Bonchev–Trinajstić information content (AvgIpc) is 1.59. The normalized spacial score (nSPS) is 26.1. The van der Waals surface area contributed by atoms with Crippen molar-refractivity contribution in [2.45, 2.75) is 177 Å². The number of aromatic nitrogens is 6. The van der Waals surface area contributed by atoms with Gasteiger partial charge in [-0.25, -0.2) is 57.5 Å². The van der Waals surface area contributed by atoms with E-state index in [1.807, 2.05) is 70.7 Å². The van der Waals surface area contributed by atoms with Gasteiger partial charge in [0.15, 0.2) is 23.7 Å². The fraction of sp³-hybridized carbons (Fsp3) is 0.481. The summed E-state index contributed by atoms with van der Waals surface area (Å²) in [6, 6.07) is 23.1. The first-order valence-electron chi connectivity index (χ1n) is 37.6. The first-order chi connectivity index (χ1) is 54.3. The number of nitriles is 3. The zero-order valence-corrected chi connectivity index (χ0v) is 67.7. The molecule has 2 N–H and O–H groups in total. The number of hydrogen-bond donors (Lipinski definition) is 2. The van der Waals surface area contributed by atoms with Crippen LogP contribution in [-0.2, 0) is 81.1 Å². The van der Waals surface area contributed by atoms with Crippen LogP contribution in [0.2, 0.25) is 15.1 Å². The van der Waals surface area contributed by atoms with Crippen LogP contribution in [0.15, 0.2) is 108 Å². The number of fused-ring (bicyclic) bond motifs is 9. The van der Waals surface area contributed by atoms with Crippen molar-refractivity contribution in [1.82, 2.24) is 44.6 Å². The lowest BCUT2D eigenvalue weighted by Crippen LogP contribution is -2.64. The number of carbonyl (C=O) groups is 3. The SMILES string of the molecule is C=CCOC(=O)N1CCN(c2nc(SC)nc3c2CC[C@@]2(CCc4c(Cl)cccc42)[C@H]3F)C[C@@H]1CC#N.C=CC[C@]1(CC#N)CN(c2nc(S(C)=O)nc3c2CC[C@@]2(CCc4c(Cl)cccc42)[C@H]3F)CCN1C(=O)O.C=CC[C@]1(CC#N)CN(c2nc(S(C)=O)nc3c2CC[C@@]2(CCc4c(Cl)cccc42)[C@H]3F)CCN1C(=O)O. The maximum atomic E-state index is 16.7. The number of nitrogens with zero attached hydrogens (tertiary/aromatic N) is 15. The van der Waals surface area contributed by atoms with Crippen LogP contribution in [0.1, 0.15) is 156 Å². The van der Waals surface area contributed by atoms with E-state index >= 15 is 13.2 Å². The molecule has 2 unspecified atom stereocenters. The molecule has 113 heavy (non-hydrogen) atoms. The van der Waals surface area contributed by atoms with Crippen LogP contribution < -0.4 is 14.7 Å². The molecule has 3 aromatic carbocycles. The Hall–Kier alpha value is -8.89. The summed E-state index contributed by atoms with van der Waals surface area (Å²) in [7, 11) is -3.14. The summed E-state index contributed by atoms with van der Waals surface area (Å²) < 4.78 is 80.4. The highest BCUT2D eigenvalue weighted by atomic mass is 35.5. The zero-order chi connectivity index (χ0) is 80.6. The second-order valence-electron chi connectivity index (χ2n) is 30.4. The minimum Gasteiger partial charge on any atom is -0.465 e. The first kappa shape index (κ1) is 82.1. The number of piperazine rings is 3. The summed E-state index contributed by atoms with van der Waals surface area (Å²) in [4.78, 5) is 74.6. The van der Waals surface area contributed by atoms with E-state index in [0.29, 0.717) is 158 Å². The minimum absolute atomic E-state index is 0.0337. The van der Waals surface area contributed by atoms with Gasteiger partial charge < -0.3 is 34.5 Å². The van der Waals surface area contributed by atoms with Gasteiger partial charge in [0, 0.05) is 119 Å². The molecule has 32 heteroatoms. The highest BCUT2D eigenvalue weighted by Crippen LogP contribution is 2.60. The lowest BCUT2D eigenvalue weighted by atomic mass is 9.68. The molecule has 3 amide bonds. The van der Waals surface area contributed by atoms with Gasteiger partial charge in [-0.15, -0.1) is 13.2 Å². The van der Waals surface area contributed by atoms with Crippen molar-refractivity contribution in [2.24, 2.45) is 0 Å². The quantitative estimate of drug-likeness (QED) is 0.0548. The van der Waals surface area contributed by atoms with Gasteiger partial charge in [0.05, 0.1) is 93.3 Å². The smallest absolute Gasteiger partial charge is 0.410 e. The molecule has 11 atom stereocenters. The summed E-state index contributed by atoms with van der Waals surface area (Å²) in [5.41, 5.74) is 4.69. The fourth-order valence-corrected chi connectivity index (χ4v) is 21.3. The van der Waals surface area contributed by atoms with Crippen LogP contribution in [0.3, 0.4) is 0 Å². The number of alkyl halides is 3. The number of anilines is 3. The predicted octanol–water partition coefficient (Wildman–Crippen LogP) is 14.9. The lowest BCUT2D eigenvalue weighted by molar-refractivity contribution is 0.0674. The number of carbonyl (C=O) groups excluding carboxylic acids is 1. The van der Waals surface area contributed by atoms with Crippen molar-refractivity contribution in [3.05, 3.63) is 175 Å². The van der Waals surface area contributed by atoms with Crippen LogP contribution >= 0.6 is 46.6 Å². The molecule has 6 heterocycles. The average molecular weight is 1660 g/mol. The third-order valence-corrected chi connectivity index (χ3v) is 27.7. The Bertz CT molecular complexity index is 4790. The third-order valence-electron chi connectivity index (χ3n) is 24.7. The molecule has 3 saturated heterocycles. The van der Waals surface area contributed by atoms with Crippen LogP contribution in [0.5, 0.6) is 0 Å². The van der Waals surface area contributed by atoms with E-state index in [0.717, 1.165) is 45.4 Å². The highest BCUT2D eigenvalue weighted by Gasteiger charge is 2.56. The number of halogens is 6. The van der Waals surface area contributed by atoms with Crippen molar-refractivity contribution in [1.29, 1.82) is 15.8 Å². The monoisotopic (exact) mass is 1660 g/mol. The van der Waals surface area contributed by atoms with Gasteiger partial charge in [-0.2, -0.15) is 15.8 Å². The van der Waals surface area contributed by atoms with Crippen molar-refractivity contribution in [3.8, 4) is 18.2 Å². The van der Waals surface area contributed by atoms with E-state index in [1.54, 1.807) is 17.1 Å². The molecule has 6 aliphatic carbocycles. The van der Waals surface area contributed by atoms with Gasteiger partial charge in [0.25, 0.3) is 0 Å². The van der Waals surface area contributed by atoms with Crippen LogP contribution in [-0.4, -0.2) is 183 Å². The molecule has 0 saturated carbocycles. The van der Waals surface area contributed by atoms with E-state index < -0.39 is 85.7 Å². The molecule has 3 spiro atoms. The fourth-order valence-electron chi connectivity index (χ4n) is 19.3. The van der Waals surface area contributed by atoms with E-state index in [-0.39, 0.29) is 92.6 Å². The summed E-state index contributed by atoms with van der Waals surface area (Å²) >= 11 is 20.8. The van der Waals surface area contributed by atoms with E-state index in [4.69, 9.17) is 44.5 Å². The van der Waals surface area contributed by atoms with Gasteiger partial charge in [-0.1, -0.05) is 108 Å². The number of rotatable bonds is 15. The summed E-state index contributed by atoms with van der Waals surface area (Å²) in [6.07, 6.45) is 10.8. The van der Waals surface area contributed by atoms with Gasteiger partial charge in [-0.05, 0) is 148 Å². The van der Waals surface area contributed by atoms with Crippen molar-refractivity contribution in [2.75, 3.05) is 99.0 Å². The lowest BCUT2D eigenvalue weighted by Gasteiger charge is -2.49. The molecule has 6 aromatic rings. The molecule has 0 radical (unpaired) electrons. The molecule has 15 rings (SSSR count). The molecule has 9 aliphatic rings. The molecule has 3 fully saturated rings. The number of benzene rings is 3. The van der Waals surface area contributed by atoms with E-state index in [2.05, 4.69) is 67.8 Å². The Labute approximate surface area is 679 Å². The van der Waals surface area contributed by atoms with Crippen molar-refractivity contribution in [3.63, 3.8) is 0 Å². The Balaban J connectivity index is 0.000000148. The number of hydrogen-bond acceptors (Lipinski definition) is 19. The second-order valence-corrected chi connectivity index (χ2v) is 34.9. The molecule has 3 aromatic heterocycles. The molecule has 3 aliphatic heterocycles. The predicted molar refractivity (Wildman–Crippen MR) is 427 cm³/mol. The van der Waals surface area contributed by atoms with Crippen LogP contribution in [0.25, 0.3) is 0 Å². The summed E-state index contributed by atoms with van der Waals surface area (Å²) in [5.74, 6) is 1.65. The topological polar surface area (TPSA) is 303 Å². The standard InChI is InChI=1S/2C27H29ClFN5O3S.C27H29ClFN5O2S/c2*1-3-9-26(12-13-30)16-33(14-15-34(26)25(35)36)23-18-8-11-27(10-7-17-19(27)5-4-6-20(17)28)22(29)21(18)31-24(32-23)38(2)37;1-3-15-36-26(35)34-14-13-33(16-17(34)9-12-30)24-19-8-11-27(23(29)22(19)31-25(32-24)37-2)10-7-18-20(27)5-4-6-21(18)28/h2*3-6,22H,1,7-12,14-16H2,2H3,(H,35,36);3-6,17,23H,1,7-11,13-16H2,2H3/t2*22-,26-,27+,38?;17-,23-,27+/m000/s1. The van der Waals surface area contributed by atoms with E-state index in [1.165, 1.54) is 40.1 Å². The van der Waals surface area contributed by atoms with Gasteiger partial charge >= 0.3 is 18.3 Å². The summed E-state index contributed by atoms with van der Waals surface area (Å²) in [5, 5.41) is 50.9. The molecule has 594 valence electrons. The minimum atomic E-state index is -1.57. The largest absolute Gasteiger partial charge is 0.465 e. The van der Waals surface area contributed by atoms with Crippen molar-refractivity contribution >= 4 is 104 Å². The maximum absolute atomic E-state index is 16.7. The van der Waals surface area contributed by atoms with Crippen molar-refractivity contribution < 1.29 is 50.9 Å². The van der Waals surface area contributed by atoms with Crippen LogP contribution in [0.4, 0.5) is 45.0 Å². The highest BCUT2D eigenvalue weighted by molar-refractivity contribution is 7.98. The number of thioether (sulfide) groups is 1. The Morgan fingerprint density at radius 1 is 0.558 bits per heavy atom.